The lowest BCUT2D eigenvalue weighted by Crippen LogP contribution is -2.70. The van der Waals surface area contributed by atoms with E-state index in [-0.39, 0.29) is 30.4 Å². The van der Waals surface area contributed by atoms with Gasteiger partial charge in [-0.05, 0) is 29.8 Å². The van der Waals surface area contributed by atoms with Crippen LogP contribution >= 0.6 is 11.8 Å². The maximum atomic E-state index is 12.7. The van der Waals surface area contributed by atoms with E-state index >= 15 is 0 Å². The topological polar surface area (TPSA) is 122 Å². The highest BCUT2D eigenvalue weighted by Crippen LogP contribution is 2.40. The third kappa shape index (κ3) is 5.07. The number of hydrogen-bond acceptors (Lipinski definition) is 7. The molecule has 2 aromatic rings. The average Bonchev–Trinajstić information content (AvgIpc) is 2.81. The van der Waals surface area contributed by atoms with Crippen LogP contribution < -0.4 is 10.1 Å². The monoisotopic (exact) mass is 482 g/mol. The van der Waals surface area contributed by atoms with Crippen LogP contribution in [0.5, 0.6) is 11.5 Å². The lowest BCUT2D eigenvalue weighted by atomic mass is 10.0. The molecule has 2 amide bonds. The maximum Gasteiger partial charge on any atom is 0.352 e. The Morgan fingerprint density at radius 2 is 1.85 bits per heavy atom. The van der Waals surface area contributed by atoms with Gasteiger partial charge in [0.25, 0.3) is 5.91 Å². The van der Waals surface area contributed by atoms with Gasteiger partial charge in [-0.3, -0.25) is 19.3 Å². The molecule has 0 saturated carbocycles. The van der Waals surface area contributed by atoms with Crippen LogP contribution in [0.4, 0.5) is 0 Å². The summed E-state index contributed by atoms with van der Waals surface area (Å²) in [5.74, 6) is -1.15. The normalized spacial score (nSPS) is 19.1. The average molecular weight is 483 g/mol. The Morgan fingerprint density at radius 1 is 1.12 bits per heavy atom. The zero-order chi connectivity index (χ0) is 24.2. The number of carboxylic acid groups (broad SMARTS) is 1. The van der Waals surface area contributed by atoms with Crippen molar-refractivity contribution >= 4 is 35.5 Å². The highest BCUT2D eigenvalue weighted by molar-refractivity contribution is 8.00. The van der Waals surface area contributed by atoms with Gasteiger partial charge in [0.2, 0.25) is 5.91 Å². The molecule has 2 heterocycles. The standard InChI is InChI=1S/C24H22N2O7S/c1-14(27)32-12-16-13-34-23-20(22(29)26(23)21(16)24(30)31)25-19(28)11-15-6-5-9-18(10-15)33-17-7-3-2-4-8-17/h2-10,20,23H,11-13H2,1H3,(H,25,28)(H,30,31)/t20-,23-/m1/s1. The maximum absolute atomic E-state index is 12.7. The summed E-state index contributed by atoms with van der Waals surface area (Å²) in [6.45, 7) is 1.03. The number of rotatable bonds is 8. The van der Waals surface area contributed by atoms with Gasteiger partial charge in [0.1, 0.15) is 35.2 Å². The smallest absolute Gasteiger partial charge is 0.352 e. The summed E-state index contributed by atoms with van der Waals surface area (Å²) in [5.41, 5.74) is 0.865. The molecular weight excluding hydrogens is 460 g/mol. The first-order valence-corrected chi connectivity index (χ1v) is 11.5. The number of esters is 1. The number of hydrogen-bond donors (Lipinski definition) is 2. The summed E-state index contributed by atoms with van der Waals surface area (Å²) >= 11 is 1.32. The number of ether oxygens (including phenoxy) is 2. The summed E-state index contributed by atoms with van der Waals surface area (Å²) in [5, 5.41) is 11.8. The quantitative estimate of drug-likeness (QED) is 0.434. The number of benzene rings is 2. The van der Waals surface area contributed by atoms with Crippen LogP contribution in [0.2, 0.25) is 0 Å². The van der Waals surface area contributed by atoms with E-state index in [1.807, 2.05) is 30.3 Å². The first kappa shape index (κ1) is 23.4. The molecule has 2 atom stereocenters. The number of fused-ring (bicyclic) bond motifs is 1. The number of carbonyl (C=O) groups is 4. The molecule has 10 heteroatoms. The zero-order valence-electron chi connectivity index (χ0n) is 18.2. The fourth-order valence-electron chi connectivity index (χ4n) is 3.74. The van der Waals surface area contributed by atoms with Crippen molar-refractivity contribution in [1.29, 1.82) is 0 Å². The molecule has 1 fully saturated rings. The van der Waals surface area contributed by atoms with E-state index in [1.165, 1.54) is 18.7 Å². The second-order valence-corrected chi connectivity index (χ2v) is 8.84. The van der Waals surface area contributed by atoms with Gasteiger partial charge in [-0.1, -0.05) is 30.3 Å². The Hall–Kier alpha value is -3.79. The minimum absolute atomic E-state index is 0.0342. The number of carboxylic acids is 1. The van der Waals surface area contributed by atoms with Gasteiger partial charge in [0, 0.05) is 18.2 Å². The van der Waals surface area contributed by atoms with Gasteiger partial charge >= 0.3 is 11.9 Å². The van der Waals surface area contributed by atoms with Crippen LogP contribution in [0.3, 0.4) is 0 Å². The number of nitrogens with zero attached hydrogens (tertiary/aromatic N) is 1. The van der Waals surface area contributed by atoms with Crippen LogP contribution in [0.25, 0.3) is 0 Å². The first-order valence-electron chi connectivity index (χ1n) is 10.5. The summed E-state index contributed by atoms with van der Waals surface area (Å²) in [4.78, 5) is 49.4. The summed E-state index contributed by atoms with van der Waals surface area (Å²) in [6, 6.07) is 15.5. The predicted molar refractivity (Wildman–Crippen MR) is 123 cm³/mol. The fourth-order valence-corrected chi connectivity index (χ4v) is 5.06. The molecular formula is C24H22N2O7S. The van der Waals surface area contributed by atoms with Crippen molar-refractivity contribution in [2.24, 2.45) is 0 Å². The van der Waals surface area contributed by atoms with E-state index in [1.54, 1.807) is 24.3 Å². The number of para-hydroxylation sites is 1. The van der Waals surface area contributed by atoms with Crippen LogP contribution in [-0.4, -0.2) is 57.5 Å². The van der Waals surface area contributed by atoms with Gasteiger partial charge in [-0.2, -0.15) is 0 Å². The van der Waals surface area contributed by atoms with Gasteiger partial charge in [-0.15, -0.1) is 11.8 Å². The molecule has 4 rings (SSSR count). The molecule has 0 radical (unpaired) electrons. The molecule has 0 aromatic heterocycles. The molecule has 2 aromatic carbocycles. The van der Waals surface area contributed by atoms with Crippen molar-refractivity contribution in [3.63, 3.8) is 0 Å². The molecule has 2 N–H and O–H groups in total. The Balaban J connectivity index is 1.39. The Bertz CT molecular complexity index is 1160. The van der Waals surface area contributed by atoms with E-state index in [2.05, 4.69) is 5.32 Å². The highest BCUT2D eigenvalue weighted by atomic mass is 32.2. The summed E-state index contributed by atoms with van der Waals surface area (Å²) in [6.07, 6.45) is 0.0342. The minimum atomic E-state index is -1.28. The van der Waals surface area contributed by atoms with Crippen molar-refractivity contribution in [1.82, 2.24) is 10.2 Å². The number of amides is 2. The Labute approximate surface area is 199 Å². The van der Waals surface area contributed by atoms with Crippen molar-refractivity contribution in [3.05, 3.63) is 71.4 Å². The van der Waals surface area contributed by atoms with Crippen LogP contribution in [0.1, 0.15) is 12.5 Å². The van der Waals surface area contributed by atoms with E-state index < -0.39 is 29.3 Å². The highest BCUT2D eigenvalue weighted by Gasteiger charge is 2.54. The lowest BCUT2D eigenvalue weighted by Gasteiger charge is -2.49. The molecule has 34 heavy (non-hydrogen) atoms. The number of aliphatic carboxylic acids is 1. The number of β-lactam (4-membered cyclic amide) rings is 1. The van der Waals surface area contributed by atoms with E-state index in [4.69, 9.17) is 9.47 Å². The molecule has 0 bridgehead atoms. The van der Waals surface area contributed by atoms with Crippen molar-refractivity contribution in [2.45, 2.75) is 24.8 Å². The SMILES string of the molecule is CC(=O)OCC1=C(C(=O)O)N2C(=O)[C@@H](NC(=O)Cc3cccc(Oc4ccccc4)c3)[C@H]2SC1. The first-order chi connectivity index (χ1) is 16.3. The van der Waals surface area contributed by atoms with E-state index in [0.29, 0.717) is 22.6 Å². The molecule has 2 aliphatic heterocycles. The van der Waals surface area contributed by atoms with Gasteiger partial charge < -0.3 is 19.9 Å². The zero-order valence-corrected chi connectivity index (χ0v) is 19.0. The predicted octanol–water partition coefficient (Wildman–Crippen LogP) is 2.32. The van der Waals surface area contributed by atoms with Gasteiger partial charge in [0.05, 0.1) is 6.42 Å². The summed E-state index contributed by atoms with van der Waals surface area (Å²) in [7, 11) is 0. The van der Waals surface area contributed by atoms with Crippen molar-refractivity contribution in [2.75, 3.05) is 12.4 Å². The molecule has 0 aliphatic carbocycles. The molecule has 0 spiro atoms. The van der Waals surface area contributed by atoms with Crippen molar-refractivity contribution < 1.29 is 33.8 Å². The molecule has 176 valence electrons. The van der Waals surface area contributed by atoms with E-state index in [9.17, 15) is 24.3 Å². The van der Waals surface area contributed by atoms with Crippen molar-refractivity contribution in [3.8, 4) is 11.5 Å². The second-order valence-electron chi connectivity index (χ2n) is 7.73. The van der Waals surface area contributed by atoms with Crippen LogP contribution in [0.15, 0.2) is 65.9 Å². The third-order valence-electron chi connectivity index (χ3n) is 5.26. The van der Waals surface area contributed by atoms with Gasteiger partial charge in [-0.25, -0.2) is 4.79 Å². The fraction of sp³-hybridized carbons (Fsp3) is 0.250. The number of carbonyl (C=O) groups excluding carboxylic acids is 3. The largest absolute Gasteiger partial charge is 0.477 e. The number of nitrogens with one attached hydrogen (secondary N) is 1. The molecule has 0 unspecified atom stereocenters. The minimum Gasteiger partial charge on any atom is -0.477 e. The Morgan fingerprint density at radius 3 is 2.56 bits per heavy atom. The molecule has 1 saturated heterocycles. The summed E-state index contributed by atoms with van der Waals surface area (Å²) < 4.78 is 10.7. The lowest BCUT2D eigenvalue weighted by molar-refractivity contribution is -0.151. The second kappa shape index (κ2) is 10.0. The molecule has 2 aliphatic rings. The Kier molecular flexibility index (Phi) is 6.87. The number of thioether (sulfide) groups is 1. The molecule has 9 nitrogen and oxygen atoms in total. The van der Waals surface area contributed by atoms with Crippen LogP contribution in [-0.2, 0) is 30.3 Å². The van der Waals surface area contributed by atoms with E-state index in [0.717, 1.165) is 4.90 Å². The third-order valence-corrected chi connectivity index (χ3v) is 6.60. The van der Waals surface area contributed by atoms with Gasteiger partial charge in [0.15, 0.2) is 0 Å². The van der Waals surface area contributed by atoms with Crippen LogP contribution in [0, 0.1) is 0 Å².